The second-order valence-electron chi connectivity index (χ2n) is 7.43. The summed E-state index contributed by atoms with van der Waals surface area (Å²) in [7, 11) is 0. The molecule has 1 fully saturated rings. The highest BCUT2D eigenvalue weighted by molar-refractivity contribution is 5.80. The standard InChI is InChI=1S/C22H28F2N6O/c1-2-26-22(29-14-17-12-18(23)5-6-19(17)24)28-13-16-4-3-9-27-21(16)30-10-7-15(8-11-30)20(25)31/h3-6,9,12,15H,2,7-8,10-11,13-14H2,1H3,(H2,25,31)(H2,26,28,29). The molecule has 1 saturated heterocycles. The molecule has 0 radical (unpaired) electrons. The number of carbonyl (C=O) groups excluding carboxylic acids is 1. The van der Waals surface area contributed by atoms with E-state index in [0.717, 1.165) is 29.6 Å². The van der Waals surface area contributed by atoms with Crippen molar-refractivity contribution in [1.82, 2.24) is 15.6 Å². The van der Waals surface area contributed by atoms with Crippen molar-refractivity contribution in [2.24, 2.45) is 16.6 Å². The van der Waals surface area contributed by atoms with Crippen LogP contribution in [0.1, 0.15) is 30.9 Å². The van der Waals surface area contributed by atoms with E-state index in [-0.39, 0.29) is 23.9 Å². The van der Waals surface area contributed by atoms with Gasteiger partial charge in [0.05, 0.1) is 6.54 Å². The molecule has 3 rings (SSSR count). The Hall–Kier alpha value is -3.23. The van der Waals surface area contributed by atoms with Crippen LogP contribution in [0.4, 0.5) is 14.6 Å². The van der Waals surface area contributed by atoms with E-state index >= 15 is 0 Å². The summed E-state index contributed by atoms with van der Waals surface area (Å²) >= 11 is 0. The molecule has 7 nitrogen and oxygen atoms in total. The summed E-state index contributed by atoms with van der Waals surface area (Å²) < 4.78 is 27.3. The highest BCUT2D eigenvalue weighted by Crippen LogP contribution is 2.24. The maximum Gasteiger partial charge on any atom is 0.220 e. The third kappa shape index (κ3) is 6.13. The zero-order valence-electron chi connectivity index (χ0n) is 17.6. The molecule has 2 heterocycles. The Morgan fingerprint density at radius 2 is 2.00 bits per heavy atom. The molecule has 1 amide bonds. The molecule has 0 atom stereocenters. The van der Waals surface area contributed by atoms with Gasteiger partial charge in [-0.15, -0.1) is 0 Å². The van der Waals surface area contributed by atoms with Crippen molar-refractivity contribution in [3.63, 3.8) is 0 Å². The van der Waals surface area contributed by atoms with Gasteiger partial charge in [-0.2, -0.15) is 0 Å². The van der Waals surface area contributed by atoms with Gasteiger partial charge in [0.15, 0.2) is 5.96 Å². The fourth-order valence-corrected chi connectivity index (χ4v) is 3.58. The van der Waals surface area contributed by atoms with Gasteiger partial charge in [0.25, 0.3) is 0 Å². The summed E-state index contributed by atoms with van der Waals surface area (Å²) in [5, 5.41) is 6.34. The first-order valence-corrected chi connectivity index (χ1v) is 10.4. The van der Waals surface area contributed by atoms with Crippen LogP contribution in [0.25, 0.3) is 0 Å². The topological polar surface area (TPSA) is 95.6 Å². The summed E-state index contributed by atoms with van der Waals surface area (Å²) in [4.78, 5) is 22.5. The Labute approximate surface area is 180 Å². The number of piperidine rings is 1. The van der Waals surface area contributed by atoms with E-state index in [9.17, 15) is 13.6 Å². The van der Waals surface area contributed by atoms with Crippen molar-refractivity contribution in [2.75, 3.05) is 24.5 Å². The van der Waals surface area contributed by atoms with Gasteiger partial charge >= 0.3 is 0 Å². The van der Waals surface area contributed by atoms with Crippen LogP contribution < -0.4 is 21.3 Å². The molecule has 1 aromatic carbocycles. The van der Waals surface area contributed by atoms with Crippen LogP contribution >= 0.6 is 0 Å². The lowest BCUT2D eigenvalue weighted by Gasteiger charge is -2.32. The lowest BCUT2D eigenvalue weighted by Crippen LogP contribution is -2.40. The molecule has 0 saturated carbocycles. The number of primary amides is 1. The minimum atomic E-state index is -0.496. The normalized spacial score (nSPS) is 15.1. The Kier molecular flexibility index (Phi) is 7.75. The van der Waals surface area contributed by atoms with Gasteiger partial charge in [0.1, 0.15) is 17.5 Å². The van der Waals surface area contributed by atoms with E-state index < -0.39 is 11.6 Å². The van der Waals surface area contributed by atoms with E-state index in [1.165, 1.54) is 0 Å². The maximum atomic E-state index is 13.9. The highest BCUT2D eigenvalue weighted by Gasteiger charge is 2.24. The number of nitrogens with one attached hydrogen (secondary N) is 2. The average Bonchev–Trinajstić information content (AvgIpc) is 2.78. The number of guanidine groups is 1. The predicted octanol–water partition coefficient (Wildman–Crippen LogP) is 2.32. The summed E-state index contributed by atoms with van der Waals surface area (Å²) in [5.74, 6) is 0.0268. The molecule has 1 aliphatic rings. The van der Waals surface area contributed by atoms with Gasteiger partial charge in [-0.25, -0.2) is 18.8 Å². The van der Waals surface area contributed by atoms with Gasteiger partial charge in [-0.05, 0) is 44.0 Å². The lowest BCUT2D eigenvalue weighted by atomic mass is 9.96. The van der Waals surface area contributed by atoms with Crippen molar-refractivity contribution in [3.05, 3.63) is 59.3 Å². The summed E-state index contributed by atoms with van der Waals surface area (Å²) in [6, 6.07) is 7.18. The summed E-state index contributed by atoms with van der Waals surface area (Å²) in [5.41, 5.74) is 6.60. The molecule has 2 aromatic rings. The molecule has 1 aromatic heterocycles. The molecule has 0 unspecified atom stereocenters. The number of nitrogens with zero attached hydrogens (tertiary/aromatic N) is 3. The van der Waals surface area contributed by atoms with Crippen molar-refractivity contribution < 1.29 is 13.6 Å². The Bertz CT molecular complexity index is 928. The molecule has 9 heteroatoms. The predicted molar refractivity (Wildman–Crippen MR) is 116 cm³/mol. The van der Waals surface area contributed by atoms with Gasteiger partial charge in [0, 0.05) is 49.4 Å². The number of aliphatic imine (C=N–C) groups is 1. The van der Waals surface area contributed by atoms with Crippen LogP contribution in [0, 0.1) is 17.6 Å². The first-order valence-electron chi connectivity index (χ1n) is 10.4. The number of benzene rings is 1. The minimum Gasteiger partial charge on any atom is -0.369 e. The third-order valence-corrected chi connectivity index (χ3v) is 5.27. The van der Waals surface area contributed by atoms with Crippen molar-refractivity contribution >= 4 is 17.7 Å². The van der Waals surface area contributed by atoms with E-state index in [1.807, 2.05) is 19.1 Å². The zero-order valence-corrected chi connectivity index (χ0v) is 17.6. The zero-order chi connectivity index (χ0) is 22.2. The molecular formula is C22H28F2N6O. The lowest BCUT2D eigenvalue weighted by molar-refractivity contribution is -0.122. The number of halogens is 2. The fourth-order valence-electron chi connectivity index (χ4n) is 3.58. The summed E-state index contributed by atoms with van der Waals surface area (Å²) in [6.45, 7) is 4.45. The van der Waals surface area contributed by atoms with E-state index in [4.69, 9.17) is 5.73 Å². The Morgan fingerprint density at radius 3 is 2.71 bits per heavy atom. The molecular weight excluding hydrogens is 402 g/mol. The molecule has 166 valence electrons. The number of carbonyl (C=O) groups is 1. The quantitative estimate of drug-likeness (QED) is 0.463. The number of hydrogen-bond donors (Lipinski definition) is 3. The number of aromatic nitrogens is 1. The smallest absolute Gasteiger partial charge is 0.220 e. The van der Waals surface area contributed by atoms with Crippen LogP contribution in [-0.4, -0.2) is 36.5 Å². The monoisotopic (exact) mass is 430 g/mol. The second-order valence-corrected chi connectivity index (χ2v) is 7.43. The minimum absolute atomic E-state index is 0.0133. The van der Waals surface area contributed by atoms with E-state index in [1.54, 1.807) is 6.20 Å². The van der Waals surface area contributed by atoms with Crippen molar-refractivity contribution in [3.8, 4) is 0 Å². The van der Waals surface area contributed by atoms with E-state index in [0.29, 0.717) is 45.0 Å². The van der Waals surface area contributed by atoms with Gasteiger partial charge in [-0.1, -0.05) is 6.07 Å². The van der Waals surface area contributed by atoms with Crippen LogP contribution in [0.2, 0.25) is 0 Å². The maximum absolute atomic E-state index is 13.9. The number of pyridine rings is 1. The highest BCUT2D eigenvalue weighted by atomic mass is 19.1. The van der Waals surface area contributed by atoms with Gasteiger partial charge in [-0.3, -0.25) is 4.79 Å². The van der Waals surface area contributed by atoms with Crippen molar-refractivity contribution in [1.29, 1.82) is 0 Å². The van der Waals surface area contributed by atoms with Gasteiger partial charge < -0.3 is 21.3 Å². The number of rotatable bonds is 7. The molecule has 0 spiro atoms. The van der Waals surface area contributed by atoms with Crippen LogP contribution in [-0.2, 0) is 17.9 Å². The fraction of sp³-hybridized carbons (Fsp3) is 0.409. The number of nitrogens with two attached hydrogens (primary N) is 1. The van der Waals surface area contributed by atoms with Crippen LogP contribution in [0.15, 0.2) is 41.5 Å². The Morgan fingerprint density at radius 1 is 1.23 bits per heavy atom. The molecule has 31 heavy (non-hydrogen) atoms. The second kappa shape index (κ2) is 10.7. The molecule has 4 N–H and O–H groups in total. The molecule has 0 bridgehead atoms. The van der Waals surface area contributed by atoms with Crippen LogP contribution in [0.3, 0.4) is 0 Å². The molecule has 0 aliphatic carbocycles. The van der Waals surface area contributed by atoms with Crippen LogP contribution in [0.5, 0.6) is 0 Å². The number of hydrogen-bond acceptors (Lipinski definition) is 4. The third-order valence-electron chi connectivity index (χ3n) is 5.27. The molecule has 1 aliphatic heterocycles. The number of amides is 1. The number of anilines is 1. The van der Waals surface area contributed by atoms with E-state index in [2.05, 4.69) is 25.5 Å². The average molecular weight is 431 g/mol. The van der Waals surface area contributed by atoms with Gasteiger partial charge in [0.2, 0.25) is 5.91 Å². The first kappa shape index (κ1) is 22.5. The van der Waals surface area contributed by atoms with Crippen molar-refractivity contribution in [2.45, 2.75) is 32.9 Å². The Balaban J connectivity index is 1.67. The largest absolute Gasteiger partial charge is 0.369 e. The summed E-state index contributed by atoms with van der Waals surface area (Å²) in [6.07, 6.45) is 3.16. The SMILES string of the molecule is CCNC(=NCc1cc(F)ccc1F)NCc1cccnc1N1CCC(C(N)=O)CC1. The first-order chi connectivity index (χ1) is 15.0.